The maximum absolute atomic E-state index is 13.4. The number of aromatic nitrogens is 2. The van der Waals surface area contributed by atoms with Crippen molar-refractivity contribution in [2.45, 2.75) is 25.7 Å². The van der Waals surface area contributed by atoms with Crippen molar-refractivity contribution < 1.29 is 13.7 Å². The van der Waals surface area contributed by atoms with Gasteiger partial charge < -0.3 is 14.3 Å². The van der Waals surface area contributed by atoms with E-state index < -0.39 is 0 Å². The molecule has 1 aromatic heterocycles. The lowest BCUT2D eigenvalue weighted by molar-refractivity contribution is 0.0757. The Labute approximate surface area is 155 Å². The minimum absolute atomic E-state index is 0.000348. The first-order valence-corrected chi connectivity index (χ1v) is 8.77. The van der Waals surface area contributed by atoms with E-state index in [0.29, 0.717) is 29.5 Å². The standard InChI is InChI=1S/C18H19FN6O2/c1-10-8-12(4-5-13(10)19)18(26)24-6-7-25(14(20)9-24)15(21)16-22-17(27-23-16)11-2-3-11/h4-5,8,11,20-21H,2-3,6-7,9H2,1H3. The number of piperazine rings is 1. The first-order chi connectivity index (χ1) is 12.9. The zero-order valence-corrected chi connectivity index (χ0v) is 14.8. The van der Waals surface area contributed by atoms with E-state index in [1.807, 2.05) is 0 Å². The van der Waals surface area contributed by atoms with Crippen molar-refractivity contribution in [2.75, 3.05) is 19.6 Å². The van der Waals surface area contributed by atoms with Crippen molar-refractivity contribution in [1.82, 2.24) is 19.9 Å². The maximum Gasteiger partial charge on any atom is 0.254 e. The summed E-state index contributed by atoms with van der Waals surface area (Å²) in [5.74, 6) is 0.494. The van der Waals surface area contributed by atoms with Crippen LogP contribution in [0.4, 0.5) is 4.39 Å². The molecule has 2 N–H and O–H groups in total. The molecule has 0 spiro atoms. The zero-order valence-electron chi connectivity index (χ0n) is 14.8. The molecule has 4 rings (SSSR count). The molecule has 140 valence electrons. The minimum Gasteiger partial charge on any atom is -0.339 e. The van der Waals surface area contributed by atoms with Crippen LogP contribution < -0.4 is 0 Å². The normalized spacial score (nSPS) is 17.3. The Bertz CT molecular complexity index is 936. The molecule has 2 heterocycles. The minimum atomic E-state index is -0.358. The van der Waals surface area contributed by atoms with Gasteiger partial charge in [-0.25, -0.2) is 4.39 Å². The van der Waals surface area contributed by atoms with Crippen LogP contribution in [0.5, 0.6) is 0 Å². The van der Waals surface area contributed by atoms with Crippen LogP contribution in [0.1, 0.15) is 46.4 Å². The Hall–Kier alpha value is -3.10. The third-order valence-electron chi connectivity index (χ3n) is 4.80. The van der Waals surface area contributed by atoms with Gasteiger partial charge in [-0.3, -0.25) is 15.6 Å². The number of aryl methyl sites for hydroxylation is 1. The van der Waals surface area contributed by atoms with Crippen molar-refractivity contribution in [1.29, 1.82) is 10.8 Å². The molecule has 1 aliphatic heterocycles. The summed E-state index contributed by atoms with van der Waals surface area (Å²) < 4.78 is 18.6. The van der Waals surface area contributed by atoms with Crippen LogP contribution in [0.25, 0.3) is 0 Å². The van der Waals surface area contributed by atoms with Crippen molar-refractivity contribution >= 4 is 17.6 Å². The highest BCUT2D eigenvalue weighted by Gasteiger charge is 2.33. The molecule has 8 nitrogen and oxygen atoms in total. The van der Waals surface area contributed by atoms with Gasteiger partial charge in [-0.05, 0) is 43.5 Å². The lowest BCUT2D eigenvalue weighted by Crippen LogP contribution is -2.54. The summed E-state index contributed by atoms with van der Waals surface area (Å²) >= 11 is 0. The summed E-state index contributed by atoms with van der Waals surface area (Å²) in [6.45, 7) is 2.30. The number of carbonyl (C=O) groups is 1. The average molecular weight is 370 g/mol. The van der Waals surface area contributed by atoms with E-state index in [0.717, 1.165) is 12.8 Å². The summed E-state index contributed by atoms with van der Waals surface area (Å²) in [6, 6.07) is 4.23. The Morgan fingerprint density at radius 2 is 2.11 bits per heavy atom. The molecule has 0 unspecified atom stereocenters. The van der Waals surface area contributed by atoms with Gasteiger partial charge in [0.05, 0.1) is 6.54 Å². The van der Waals surface area contributed by atoms with Crippen molar-refractivity contribution in [3.05, 3.63) is 46.9 Å². The molecule has 27 heavy (non-hydrogen) atoms. The molecule has 9 heteroatoms. The predicted molar refractivity (Wildman–Crippen MR) is 94.6 cm³/mol. The molecule has 1 aromatic carbocycles. The van der Waals surface area contributed by atoms with Crippen LogP contribution >= 0.6 is 0 Å². The van der Waals surface area contributed by atoms with Gasteiger partial charge in [-0.2, -0.15) is 4.98 Å². The SMILES string of the molecule is Cc1cc(C(=O)N2CCN(C(=N)c3noc(C4CC4)n3)C(=N)C2)ccc1F. The van der Waals surface area contributed by atoms with Crippen molar-refractivity contribution in [3.8, 4) is 0 Å². The van der Waals surface area contributed by atoms with Gasteiger partial charge >= 0.3 is 0 Å². The molecule has 1 saturated heterocycles. The first-order valence-electron chi connectivity index (χ1n) is 8.77. The highest BCUT2D eigenvalue weighted by molar-refractivity contribution is 6.07. The van der Waals surface area contributed by atoms with Gasteiger partial charge in [0.15, 0.2) is 5.84 Å². The topological polar surface area (TPSA) is 110 Å². The van der Waals surface area contributed by atoms with E-state index in [1.165, 1.54) is 28.0 Å². The highest BCUT2D eigenvalue weighted by atomic mass is 19.1. The van der Waals surface area contributed by atoms with E-state index in [2.05, 4.69) is 10.1 Å². The van der Waals surface area contributed by atoms with Gasteiger partial charge in [0.1, 0.15) is 11.7 Å². The smallest absolute Gasteiger partial charge is 0.254 e. The van der Waals surface area contributed by atoms with Crippen LogP contribution in [-0.2, 0) is 0 Å². The van der Waals surface area contributed by atoms with E-state index >= 15 is 0 Å². The Morgan fingerprint density at radius 3 is 2.78 bits per heavy atom. The number of amides is 1. The quantitative estimate of drug-likeness (QED) is 0.635. The van der Waals surface area contributed by atoms with E-state index in [9.17, 15) is 9.18 Å². The monoisotopic (exact) mass is 370 g/mol. The third kappa shape index (κ3) is 3.32. The number of rotatable bonds is 3. The molecule has 1 aliphatic carbocycles. The number of benzene rings is 1. The Kier molecular flexibility index (Phi) is 4.21. The number of nitrogens with one attached hydrogen (secondary N) is 2. The second-order valence-corrected chi connectivity index (χ2v) is 6.87. The number of carbonyl (C=O) groups excluding carboxylic acids is 1. The second-order valence-electron chi connectivity index (χ2n) is 6.87. The fourth-order valence-electron chi connectivity index (χ4n) is 3.03. The van der Waals surface area contributed by atoms with Gasteiger partial charge in [0.25, 0.3) is 5.91 Å². The summed E-state index contributed by atoms with van der Waals surface area (Å²) in [6.07, 6.45) is 2.04. The van der Waals surface area contributed by atoms with Crippen LogP contribution in [0, 0.1) is 23.6 Å². The Morgan fingerprint density at radius 1 is 1.33 bits per heavy atom. The average Bonchev–Trinajstić information content (AvgIpc) is 3.39. The van der Waals surface area contributed by atoms with E-state index in [1.54, 1.807) is 6.92 Å². The Balaban J connectivity index is 1.43. The lowest BCUT2D eigenvalue weighted by atomic mass is 10.1. The third-order valence-corrected chi connectivity index (χ3v) is 4.80. The van der Waals surface area contributed by atoms with Gasteiger partial charge in [0, 0.05) is 24.6 Å². The van der Waals surface area contributed by atoms with Gasteiger partial charge in [-0.15, -0.1) is 0 Å². The fraction of sp³-hybridized carbons (Fsp3) is 0.389. The van der Waals surface area contributed by atoms with Crippen LogP contribution in [0.15, 0.2) is 22.7 Å². The molecule has 2 aromatic rings. The summed E-state index contributed by atoms with van der Waals surface area (Å²) in [7, 11) is 0. The zero-order chi connectivity index (χ0) is 19.1. The molecular formula is C18H19FN6O2. The summed E-state index contributed by atoms with van der Waals surface area (Å²) in [4.78, 5) is 19.9. The summed E-state index contributed by atoms with van der Waals surface area (Å²) in [5.41, 5.74) is 0.789. The van der Waals surface area contributed by atoms with Gasteiger partial charge in [-0.1, -0.05) is 5.16 Å². The molecule has 1 amide bonds. The molecule has 0 bridgehead atoms. The van der Waals surface area contributed by atoms with Crippen LogP contribution in [-0.4, -0.2) is 57.2 Å². The van der Waals surface area contributed by atoms with Crippen LogP contribution in [0.3, 0.4) is 0 Å². The number of hydrogen-bond acceptors (Lipinski definition) is 6. The maximum atomic E-state index is 13.4. The second kappa shape index (κ2) is 6.57. The number of amidine groups is 2. The lowest BCUT2D eigenvalue weighted by Gasteiger charge is -2.35. The van der Waals surface area contributed by atoms with E-state index in [-0.39, 0.29) is 42.3 Å². The fourth-order valence-corrected chi connectivity index (χ4v) is 3.03. The number of hydrogen-bond donors (Lipinski definition) is 2. The van der Waals surface area contributed by atoms with Crippen molar-refractivity contribution in [2.24, 2.45) is 0 Å². The summed E-state index contributed by atoms with van der Waals surface area (Å²) in [5, 5.41) is 20.4. The van der Waals surface area contributed by atoms with Gasteiger partial charge in [0.2, 0.25) is 11.7 Å². The molecule has 1 saturated carbocycles. The molecule has 2 aliphatic rings. The van der Waals surface area contributed by atoms with Crippen LogP contribution in [0.2, 0.25) is 0 Å². The first kappa shape index (κ1) is 17.3. The largest absolute Gasteiger partial charge is 0.339 e. The predicted octanol–water partition coefficient (Wildman–Crippen LogP) is 2.16. The molecule has 0 atom stereocenters. The molecule has 2 fully saturated rings. The number of nitrogens with zero attached hydrogens (tertiary/aromatic N) is 4. The van der Waals surface area contributed by atoms with E-state index in [4.69, 9.17) is 15.3 Å². The molecular weight excluding hydrogens is 351 g/mol. The van der Waals surface area contributed by atoms with Crippen molar-refractivity contribution in [3.63, 3.8) is 0 Å². The number of halogens is 1. The molecule has 0 radical (unpaired) electrons. The highest BCUT2D eigenvalue weighted by Crippen LogP contribution is 2.38.